The Kier molecular flexibility index (Phi) is 4.01. The Labute approximate surface area is 123 Å². The second kappa shape index (κ2) is 5.56. The first-order chi connectivity index (χ1) is 9.42. The number of nitriles is 1. The van der Waals surface area contributed by atoms with Crippen LogP contribution in [-0.2, 0) is 10.0 Å². The summed E-state index contributed by atoms with van der Waals surface area (Å²) in [6.45, 7) is 0. The van der Waals surface area contributed by atoms with Crippen LogP contribution in [0.5, 0.6) is 0 Å². The van der Waals surface area contributed by atoms with Gasteiger partial charge in [0.25, 0.3) is 10.0 Å². The van der Waals surface area contributed by atoms with E-state index in [-0.39, 0.29) is 16.1 Å². The summed E-state index contributed by atoms with van der Waals surface area (Å²) in [6.07, 6.45) is 2.63. The van der Waals surface area contributed by atoms with Gasteiger partial charge in [-0.25, -0.2) is 12.8 Å². The minimum absolute atomic E-state index is 0.0466. The fourth-order valence-corrected chi connectivity index (χ4v) is 2.98. The molecular weight excluding hydrogens is 349 g/mol. The first-order valence-corrected chi connectivity index (χ1v) is 7.53. The van der Waals surface area contributed by atoms with Crippen LogP contribution in [0.2, 0.25) is 0 Å². The first-order valence-electron chi connectivity index (χ1n) is 5.25. The summed E-state index contributed by atoms with van der Waals surface area (Å²) in [5.41, 5.74) is -0.138. The van der Waals surface area contributed by atoms with E-state index in [1.165, 1.54) is 24.5 Å². The Bertz CT molecular complexity index is 803. The highest BCUT2D eigenvalue weighted by molar-refractivity contribution is 9.10. The van der Waals surface area contributed by atoms with Gasteiger partial charge >= 0.3 is 0 Å². The lowest BCUT2D eigenvalue weighted by atomic mass is 10.2. The van der Waals surface area contributed by atoms with Gasteiger partial charge < -0.3 is 0 Å². The minimum Gasteiger partial charge on any atom is -0.280 e. The van der Waals surface area contributed by atoms with Crippen LogP contribution in [0, 0.1) is 17.1 Å². The lowest BCUT2D eigenvalue weighted by Gasteiger charge is -2.08. The fraction of sp³-hybridized carbons (Fsp3) is 0. The van der Waals surface area contributed by atoms with Crippen LogP contribution in [0.25, 0.3) is 0 Å². The van der Waals surface area contributed by atoms with Gasteiger partial charge in [0.2, 0.25) is 0 Å². The molecule has 102 valence electrons. The van der Waals surface area contributed by atoms with Crippen LogP contribution >= 0.6 is 15.9 Å². The highest BCUT2D eigenvalue weighted by Crippen LogP contribution is 2.20. The van der Waals surface area contributed by atoms with E-state index in [4.69, 9.17) is 5.26 Å². The molecule has 0 aliphatic heterocycles. The Morgan fingerprint density at radius 2 is 2.05 bits per heavy atom. The van der Waals surface area contributed by atoms with E-state index in [1.807, 2.05) is 0 Å². The Hall–Kier alpha value is -1.98. The maximum atomic E-state index is 13.2. The van der Waals surface area contributed by atoms with Gasteiger partial charge in [0.1, 0.15) is 16.8 Å². The summed E-state index contributed by atoms with van der Waals surface area (Å²) in [5.74, 6) is -0.709. The number of anilines is 1. The molecule has 1 N–H and O–H groups in total. The molecule has 0 fully saturated rings. The molecule has 0 saturated heterocycles. The summed E-state index contributed by atoms with van der Waals surface area (Å²) in [6, 6.07) is 6.40. The third-order valence-corrected chi connectivity index (χ3v) is 4.11. The fourth-order valence-electron chi connectivity index (χ4n) is 1.43. The molecule has 2 rings (SSSR count). The van der Waals surface area contributed by atoms with Crippen LogP contribution in [0.4, 0.5) is 10.1 Å². The normalized spacial score (nSPS) is 10.8. The van der Waals surface area contributed by atoms with Crippen molar-refractivity contribution in [3.63, 3.8) is 0 Å². The lowest BCUT2D eigenvalue weighted by molar-refractivity contribution is 0.600. The van der Waals surface area contributed by atoms with Gasteiger partial charge in [-0.1, -0.05) is 0 Å². The SMILES string of the molecule is N#Cc1cc(NS(=O)(=O)c2cncc(Br)c2)ccc1F. The number of nitrogens with one attached hydrogen (secondary N) is 1. The molecule has 0 unspecified atom stereocenters. The van der Waals surface area contributed by atoms with Gasteiger partial charge in [0.05, 0.1) is 11.3 Å². The number of sulfonamides is 1. The van der Waals surface area contributed by atoms with Gasteiger partial charge in [-0.2, -0.15) is 5.26 Å². The maximum absolute atomic E-state index is 13.2. The molecule has 0 amide bonds. The van der Waals surface area contributed by atoms with Crippen molar-refractivity contribution < 1.29 is 12.8 Å². The average molecular weight is 356 g/mol. The number of hydrogen-bond acceptors (Lipinski definition) is 4. The van der Waals surface area contributed by atoms with Crippen molar-refractivity contribution in [1.29, 1.82) is 5.26 Å². The van der Waals surface area contributed by atoms with E-state index in [0.717, 1.165) is 12.1 Å². The van der Waals surface area contributed by atoms with Crippen molar-refractivity contribution in [3.8, 4) is 6.07 Å². The van der Waals surface area contributed by atoms with Gasteiger partial charge in [0.15, 0.2) is 0 Å². The van der Waals surface area contributed by atoms with Crippen molar-refractivity contribution >= 4 is 31.6 Å². The number of benzene rings is 1. The molecule has 1 heterocycles. The number of pyridine rings is 1. The molecule has 20 heavy (non-hydrogen) atoms. The second-order valence-corrected chi connectivity index (χ2v) is 6.35. The second-order valence-electron chi connectivity index (χ2n) is 3.75. The van der Waals surface area contributed by atoms with Crippen molar-refractivity contribution in [1.82, 2.24) is 4.98 Å². The molecule has 2 aromatic rings. The van der Waals surface area contributed by atoms with Gasteiger partial charge in [-0.3, -0.25) is 9.71 Å². The average Bonchev–Trinajstić information content (AvgIpc) is 2.40. The van der Waals surface area contributed by atoms with Gasteiger partial charge in [0, 0.05) is 16.9 Å². The summed E-state index contributed by atoms with van der Waals surface area (Å²) in [5, 5.41) is 8.71. The topological polar surface area (TPSA) is 82.9 Å². The summed E-state index contributed by atoms with van der Waals surface area (Å²) < 4.78 is 40.1. The first kappa shape index (κ1) is 14.4. The van der Waals surface area contributed by atoms with Crippen LogP contribution < -0.4 is 4.72 Å². The molecule has 1 aromatic carbocycles. The number of aromatic nitrogens is 1. The molecule has 0 saturated carbocycles. The monoisotopic (exact) mass is 355 g/mol. The van der Waals surface area contributed by atoms with E-state index < -0.39 is 15.8 Å². The van der Waals surface area contributed by atoms with Gasteiger partial charge in [-0.15, -0.1) is 0 Å². The number of halogens is 2. The highest BCUT2D eigenvalue weighted by atomic mass is 79.9. The number of nitrogens with zero attached hydrogens (tertiary/aromatic N) is 2. The molecule has 1 aromatic heterocycles. The largest absolute Gasteiger partial charge is 0.280 e. The molecule has 0 bridgehead atoms. The zero-order valence-corrected chi connectivity index (χ0v) is 12.2. The quantitative estimate of drug-likeness (QED) is 0.917. The zero-order chi connectivity index (χ0) is 14.8. The Morgan fingerprint density at radius 3 is 2.70 bits per heavy atom. The molecule has 0 aliphatic carbocycles. The van der Waals surface area contributed by atoms with Crippen molar-refractivity contribution in [2.24, 2.45) is 0 Å². The smallest absolute Gasteiger partial charge is 0.263 e. The predicted molar refractivity (Wildman–Crippen MR) is 73.9 cm³/mol. The molecule has 0 radical (unpaired) electrons. The van der Waals surface area contributed by atoms with Crippen LogP contribution in [0.3, 0.4) is 0 Å². The van der Waals surface area contributed by atoms with E-state index in [2.05, 4.69) is 25.6 Å². The standard InChI is InChI=1S/C12H7BrFN3O2S/c13-9-4-11(7-16-6-9)20(18,19)17-10-1-2-12(14)8(3-10)5-15/h1-4,6-7,17H. The molecule has 0 spiro atoms. The van der Waals surface area contributed by atoms with Crippen molar-refractivity contribution in [2.75, 3.05) is 4.72 Å². The van der Waals surface area contributed by atoms with Crippen molar-refractivity contribution in [3.05, 3.63) is 52.5 Å². The summed E-state index contributed by atoms with van der Waals surface area (Å²) >= 11 is 3.13. The number of rotatable bonds is 3. The van der Waals surface area contributed by atoms with Crippen LogP contribution in [-0.4, -0.2) is 13.4 Å². The molecule has 0 aliphatic rings. The summed E-state index contributed by atoms with van der Waals surface area (Å²) in [4.78, 5) is 3.72. The van der Waals surface area contributed by atoms with E-state index in [1.54, 1.807) is 6.07 Å². The maximum Gasteiger partial charge on any atom is 0.263 e. The molecular formula is C12H7BrFN3O2S. The minimum atomic E-state index is -3.85. The van der Waals surface area contributed by atoms with E-state index >= 15 is 0 Å². The van der Waals surface area contributed by atoms with Crippen molar-refractivity contribution in [2.45, 2.75) is 4.90 Å². The number of hydrogen-bond donors (Lipinski definition) is 1. The van der Waals surface area contributed by atoms with Gasteiger partial charge in [-0.05, 0) is 40.2 Å². The third kappa shape index (κ3) is 3.12. The molecule has 0 atom stereocenters. The molecule has 5 nitrogen and oxygen atoms in total. The van der Waals surface area contributed by atoms with E-state index in [9.17, 15) is 12.8 Å². The Balaban J connectivity index is 2.36. The molecule has 8 heteroatoms. The van der Waals surface area contributed by atoms with Crippen LogP contribution in [0.1, 0.15) is 5.56 Å². The highest BCUT2D eigenvalue weighted by Gasteiger charge is 2.16. The predicted octanol–water partition coefficient (Wildman–Crippen LogP) is 2.66. The van der Waals surface area contributed by atoms with Crippen LogP contribution in [0.15, 0.2) is 46.0 Å². The zero-order valence-electron chi connectivity index (χ0n) is 9.84. The lowest BCUT2D eigenvalue weighted by Crippen LogP contribution is -2.13. The Morgan fingerprint density at radius 1 is 1.30 bits per heavy atom. The van der Waals surface area contributed by atoms with E-state index in [0.29, 0.717) is 4.47 Å². The third-order valence-electron chi connectivity index (χ3n) is 2.33. The summed E-state index contributed by atoms with van der Waals surface area (Å²) in [7, 11) is -3.85.